The number of carbonyl (C=O) groups is 1. The van der Waals surface area contributed by atoms with Crippen LogP contribution in [0.15, 0.2) is 41.4 Å². The van der Waals surface area contributed by atoms with Gasteiger partial charge in [0.2, 0.25) is 5.12 Å². The average molecular weight is 383 g/mol. The van der Waals surface area contributed by atoms with Gasteiger partial charge < -0.3 is 9.47 Å². The Hall–Kier alpha value is -2.48. The minimum atomic E-state index is -4.37. The van der Waals surface area contributed by atoms with Gasteiger partial charge in [-0.3, -0.25) is 9.79 Å². The lowest BCUT2D eigenvalue weighted by molar-refractivity contribution is -0.137. The lowest BCUT2D eigenvalue weighted by Gasteiger charge is -2.22. The SMILES string of the molecule is COc1cc2c(cc1OC)C(=O)[SH](Cc1ccc(C(F)(F)F)cc1)C=N2. The van der Waals surface area contributed by atoms with Crippen LogP contribution in [0.5, 0.6) is 11.5 Å². The van der Waals surface area contributed by atoms with E-state index in [0.29, 0.717) is 34.1 Å². The second-order valence-electron chi connectivity index (χ2n) is 5.60. The zero-order valence-corrected chi connectivity index (χ0v) is 14.9. The van der Waals surface area contributed by atoms with Crippen LogP contribution in [0.3, 0.4) is 0 Å². The second kappa shape index (κ2) is 7.03. The molecule has 0 spiro atoms. The summed E-state index contributed by atoms with van der Waals surface area (Å²) >= 11 is 0. The first-order chi connectivity index (χ1) is 12.3. The molecule has 0 bridgehead atoms. The first kappa shape index (κ1) is 18.3. The number of methoxy groups -OCH3 is 2. The van der Waals surface area contributed by atoms with Crippen molar-refractivity contribution in [2.75, 3.05) is 14.2 Å². The van der Waals surface area contributed by atoms with E-state index in [-0.39, 0.29) is 5.12 Å². The number of benzene rings is 2. The summed E-state index contributed by atoms with van der Waals surface area (Å²) in [7, 11) is 1.70. The molecule has 0 aliphatic carbocycles. The van der Waals surface area contributed by atoms with Crippen molar-refractivity contribution in [3.05, 3.63) is 53.1 Å². The minimum absolute atomic E-state index is 0.0918. The molecule has 1 unspecified atom stereocenters. The number of alkyl halides is 3. The number of fused-ring (bicyclic) bond motifs is 1. The van der Waals surface area contributed by atoms with Crippen LogP contribution < -0.4 is 9.47 Å². The molecular weight excluding hydrogens is 367 g/mol. The Balaban J connectivity index is 1.84. The Bertz CT molecular complexity index is 863. The number of thiol groups is 1. The third kappa shape index (κ3) is 3.55. The Morgan fingerprint density at radius 1 is 1.04 bits per heavy atom. The van der Waals surface area contributed by atoms with Crippen molar-refractivity contribution in [2.45, 2.75) is 11.9 Å². The summed E-state index contributed by atoms with van der Waals surface area (Å²) in [6.45, 7) is 0. The van der Waals surface area contributed by atoms with Crippen LogP contribution in [0.1, 0.15) is 21.5 Å². The lowest BCUT2D eigenvalue weighted by Crippen LogP contribution is -2.09. The third-order valence-corrected chi connectivity index (χ3v) is 5.83. The summed E-state index contributed by atoms with van der Waals surface area (Å²) in [6.07, 6.45) is -4.37. The third-order valence-electron chi connectivity index (χ3n) is 3.96. The number of nitrogens with zero attached hydrogens (tertiary/aromatic N) is 1. The Morgan fingerprint density at radius 2 is 1.65 bits per heavy atom. The summed E-state index contributed by atoms with van der Waals surface area (Å²) in [6, 6.07) is 8.07. The topological polar surface area (TPSA) is 47.9 Å². The van der Waals surface area contributed by atoms with E-state index in [1.165, 1.54) is 26.4 Å². The standard InChI is InChI=1S/C18H16F3NO3S/c1-24-15-7-13-14(8-16(15)25-2)22-10-26(17(13)23)9-11-3-5-12(6-4-11)18(19,20)21/h3-8,10,26H,9H2,1-2H3. The van der Waals surface area contributed by atoms with Crippen molar-refractivity contribution in [1.29, 1.82) is 0 Å². The number of ether oxygens (including phenoxy) is 2. The number of carbonyl (C=O) groups excluding carboxylic acids is 1. The van der Waals surface area contributed by atoms with Gasteiger partial charge in [-0.2, -0.15) is 13.2 Å². The predicted molar refractivity (Wildman–Crippen MR) is 96.2 cm³/mol. The molecule has 1 aliphatic heterocycles. The largest absolute Gasteiger partial charge is 0.493 e. The molecular formula is C18H16F3NO3S. The van der Waals surface area contributed by atoms with E-state index in [1.807, 2.05) is 0 Å². The molecule has 0 amide bonds. The molecule has 0 saturated heterocycles. The summed E-state index contributed by atoms with van der Waals surface area (Å²) in [4.78, 5) is 17.1. The van der Waals surface area contributed by atoms with Crippen LogP contribution in [0.4, 0.5) is 18.9 Å². The van der Waals surface area contributed by atoms with E-state index in [9.17, 15) is 18.0 Å². The molecule has 0 N–H and O–H groups in total. The van der Waals surface area contributed by atoms with Crippen molar-refractivity contribution in [3.8, 4) is 11.5 Å². The molecule has 1 aliphatic rings. The summed E-state index contributed by atoms with van der Waals surface area (Å²) in [5.74, 6) is 1.25. The maximum Gasteiger partial charge on any atom is 0.416 e. The molecule has 138 valence electrons. The smallest absolute Gasteiger partial charge is 0.416 e. The van der Waals surface area contributed by atoms with E-state index in [2.05, 4.69) is 4.99 Å². The predicted octanol–water partition coefficient (Wildman–Crippen LogP) is 4.74. The highest BCUT2D eigenvalue weighted by molar-refractivity contribution is 8.39. The molecule has 26 heavy (non-hydrogen) atoms. The van der Waals surface area contributed by atoms with Gasteiger partial charge >= 0.3 is 6.18 Å². The summed E-state index contributed by atoms with van der Waals surface area (Å²) in [5.41, 5.74) is 2.47. The fourth-order valence-corrected chi connectivity index (χ4v) is 4.28. The summed E-state index contributed by atoms with van der Waals surface area (Å²) < 4.78 is 48.4. The molecule has 2 aromatic carbocycles. The van der Waals surface area contributed by atoms with Crippen molar-refractivity contribution >= 4 is 27.2 Å². The highest BCUT2D eigenvalue weighted by atomic mass is 32.2. The monoisotopic (exact) mass is 383 g/mol. The van der Waals surface area contributed by atoms with E-state index in [1.54, 1.807) is 17.7 Å². The Morgan fingerprint density at radius 3 is 2.23 bits per heavy atom. The zero-order chi connectivity index (χ0) is 18.9. The number of halogens is 3. The van der Waals surface area contributed by atoms with Gasteiger partial charge in [0, 0.05) is 17.4 Å². The molecule has 0 aromatic heterocycles. The number of hydrogen-bond acceptors (Lipinski definition) is 4. The van der Waals surface area contributed by atoms with Crippen LogP contribution in [-0.4, -0.2) is 24.9 Å². The molecule has 8 heteroatoms. The Labute approximate surface area is 151 Å². The van der Waals surface area contributed by atoms with Crippen molar-refractivity contribution in [2.24, 2.45) is 4.99 Å². The van der Waals surface area contributed by atoms with E-state index in [0.717, 1.165) is 12.1 Å². The second-order valence-corrected chi connectivity index (χ2v) is 7.49. The molecule has 2 aromatic rings. The molecule has 3 rings (SSSR count). The van der Waals surface area contributed by atoms with E-state index in [4.69, 9.17) is 9.47 Å². The highest BCUT2D eigenvalue weighted by Crippen LogP contribution is 2.44. The average Bonchev–Trinajstić information content (AvgIpc) is 2.63. The zero-order valence-electron chi connectivity index (χ0n) is 14.0. The van der Waals surface area contributed by atoms with Gasteiger partial charge in [0.05, 0.1) is 31.0 Å². The maximum atomic E-state index is 12.8. The maximum absolute atomic E-state index is 12.8. The number of hydrogen-bond donors (Lipinski definition) is 1. The van der Waals surface area contributed by atoms with Gasteiger partial charge in [-0.05, 0) is 23.8 Å². The Kier molecular flexibility index (Phi) is 4.95. The van der Waals surface area contributed by atoms with Crippen LogP contribution in [0.2, 0.25) is 0 Å². The van der Waals surface area contributed by atoms with Gasteiger partial charge in [0.15, 0.2) is 11.5 Å². The van der Waals surface area contributed by atoms with Gasteiger partial charge in [-0.25, -0.2) is 0 Å². The molecule has 1 atom stereocenters. The van der Waals surface area contributed by atoms with E-state index >= 15 is 0 Å². The first-order valence-corrected chi connectivity index (χ1v) is 9.20. The van der Waals surface area contributed by atoms with Crippen molar-refractivity contribution < 1.29 is 27.4 Å². The van der Waals surface area contributed by atoms with Gasteiger partial charge in [-0.1, -0.05) is 12.1 Å². The first-order valence-electron chi connectivity index (χ1n) is 7.61. The normalized spacial score (nSPS) is 17.7. The molecule has 1 heterocycles. The quantitative estimate of drug-likeness (QED) is 0.776. The lowest BCUT2D eigenvalue weighted by atomic mass is 10.1. The highest BCUT2D eigenvalue weighted by Gasteiger charge is 2.30. The molecule has 0 saturated carbocycles. The van der Waals surface area contributed by atoms with Crippen LogP contribution >= 0.6 is 10.9 Å². The van der Waals surface area contributed by atoms with Crippen molar-refractivity contribution in [3.63, 3.8) is 0 Å². The number of rotatable bonds is 4. The minimum Gasteiger partial charge on any atom is -0.493 e. The number of aliphatic imine (C=N–C) groups is 1. The molecule has 4 nitrogen and oxygen atoms in total. The summed E-state index contributed by atoms with van der Waals surface area (Å²) in [5, 5.41) is -0.0918. The fraction of sp³-hybridized carbons (Fsp3) is 0.222. The molecule has 0 radical (unpaired) electrons. The van der Waals surface area contributed by atoms with Crippen molar-refractivity contribution in [1.82, 2.24) is 0 Å². The van der Waals surface area contributed by atoms with Crippen LogP contribution in [0.25, 0.3) is 0 Å². The van der Waals surface area contributed by atoms with Gasteiger partial charge in [0.1, 0.15) is 0 Å². The fourth-order valence-electron chi connectivity index (χ4n) is 2.59. The van der Waals surface area contributed by atoms with Gasteiger partial charge in [0.25, 0.3) is 0 Å². The van der Waals surface area contributed by atoms with Crippen LogP contribution in [-0.2, 0) is 11.9 Å². The van der Waals surface area contributed by atoms with E-state index < -0.39 is 22.6 Å². The van der Waals surface area contributed by atoms with Gasteiger partial charge in [-0.15, -0.1) is 10.9 Å². The molecule has 0 fully saturated rings. The van der Waals surface area contributed by atoms with Crippen LogP contribution in [0, 0.1) is 0 Å².